The highest BCUT2D eigenvalue weighted by Gasteiger charge is 2.07. The van der Waals surface area contributed by atoms with E-state index in [4.69, 9.17) is 0 Å². The van der Waals surface area contributed by atoms with Crippen molar-refractivity contribution in [1.29, 1.82) is 0 Å². The molecule has 0 atom stereocenters. The molecule has 0 radical (unpaired) electrons. The maximum Gasteiger partial charge on any atom is 0.0602 e. The van der Waals surface area contributed by atoms with E-state index in [0.717, 1.165) is 13.1 Å². The van der Waals surface area contributed by atoms with Crippen molar-refractivity contribution in [3.05, 3.63) is 0 Å². The zero-order chi connectivity index (χ0) is 56.1. The summed E-state index contributed by atoms with van der Waals surface area (Å²) in [5.41, 5.74) is 0. The van der Waals surface area contributed by atoms with E-state index >= 15 is 0 Å². The van der Waals surface area contributed by atoms with Gasteiger partial charge in [0.25, 0.3) is 0 Å². The topological polar surface area (TPSA) is 6.48 Å². The molecule has 0 aromatic heterocycles. The predicted molar refractivity (Wildman–Crippen MR) is 359 cm³/mol. The maximum atomic E-state index is 3.77. The summed E-state index contributed by atoms with van der Waals surface area (Å²) in [6.45, 7) is 16.3. The van der Waals surface area contributed by atoms with Crippen LogP contribution in [-0.4, -0.2) is 49.1 Å². The molecule has 0 aliphatic rings. The van der Waals surface area contributed by atoms with Crippen LogP contribution < -0.4 is 0 Å². The van der Waals surface area contributed by atoms with Crippen molar-refractivity contribution >= 4 is 0 Å². The van der Waals surface area contributed by atoms with Crippen LogP contribution >= 0.6 is 0 Å². The molecule has 0 aliphatic heterocycles. The minimum Gasteiger partial charge on any atom is -0.292 e. The molecule has 2 heteroatoms. The first kappa shape index (κ1) is 77.5. The third-order valence-electron chi connectivity index (χ3n) is 18.0. The van der Waals surface area contributed by atoms with Crippen molar-refractivity contribution in [2.45, 2.75) is 439 Å². The largest absolute Gasteiger partial charge is 0.292 e. The summed E-state index contributed by atoms with van der Waals surface area (Å²) < 4.78 is 0. The van der Waals surface area contributed by atoms with Gasteiger partial charge in [-0.2, -0.15) is 0 Å². The second-order valence-electron chi connectivity index (χ2n) is 26.1. The molecule has 0 fully saturated rings. The van der Waals surface area contributed by atoms with Gasteiger partial charge in [0.1, 0.15) is 0 Å². The monoisotopic (exact) mass is 1090 g/mol. The predicted octanol–water partition coefficient (Wildman–Crippen LogP) is 26.6. The van der Waals surface area contributed by atoms with Crippen LogP contribution in [0.25, 0.3) is 0 Å². The van der Waals surface area contributed by atoms with Crippen LogP contribution in [0.15, 0.2) is 0 Å². The van der Waals surface area contributed by atoms with Gasteiger partial charge in [0.15, 0.2) is 0 Å². The van der Waals surface area contributed by atoms with Crippen LogP contribution in [0.1, 0.15) is 439 Å². The molecule has 0 N–H and O–H groups in total. The zero-order valence-electron chi connectivity index (χ0n) is 55.4. The average molecular weight is 1090 g/mol. The standard InChI is InChI=1S/C76H152N2/c1-5-9-13-17-21-25-29-33-37-41-45-49-53-57-61-65-71-77(72-66-62-58-54-50-46-42-38-34-30-26-22-18-14-10-6-2)75-69-70-76-78(73-67-63-59-55-51-47-43-39-35-31-27-23-19-15-11-7-3)74-68-64-60-56-52-48-44-40-36-32-28-24-20-16-12-8-4/h5-68,71-76H2,1-4H3. The normalized spacial score (nSPS) is 11.7. The lowest BCUT2D eigenvalue weighted by Crippen LogP contribution is -2.28. The van der Waals surface area contributed by atoms with Crippen LogP contribution in [0, 0.1) is 11.8 Å². The second kappa shape index (κ2) is 72.6. The van der Waals surface area contributed by atoms with Gasteiger partial charge in [-0.15, -0.1) is 0 Å². The second-order valence-corrected chi connectivity index (χ2v) is 26.1. The van der Waals surface area contributed by atoms with Gasteiger partial charge < -0.3 is 0 Å². The van der Waals surface area contributed by atoms with Crippen molar-refractivity contribution in [3.8, 4) is 11.8 Å². The molecule has 0 spiro atoms. The van der Waals surface area contributed by atoms with Crippen molar-refractivity contribution < 1.29 is 0 Å². The van der Waals surface area contributed by atoms with Crippen LogP contribution in [0.4, 0.5) is 0 Å². The Hall–Kier alpha value is -0.520. The minimum atomic E-state index is 0.989. The molecule has 0 rings (SSSR count). The lowest BCUT2D eigenvalue weighted by Gasteiger charge is -2.21. The van der Waals surface area contributed by atoms with E-state index in [9.17, 15) is 0 Å². The smallest absolute Gasteiger partial charge is 0.0602 e. The van der Waals surface area contributed by atoms with Crippen molar-refractivity contribution in [3.63, 3.8) is 0 Å². The van der Waals surface area contributed by atoms with Crippen LogP contribution in [0.2, 0.25) is 0 Å². The Kier molecular flexibility index (Phi) is 72.1. The van der Waals surface area contributed by atoms with E-state index in [1.165, 1.54) is 437 Å². The lowest BCUT2D eigenvalue weighted by molar-refractivity contribution is 0.285. The number of hydrogen-bond donors (Lipinski definition) is 0. The summed E-state index contributed by atoms with van der Waals surface area (Å²) in [6.07, 6.45) is 92.6. The highest BCUT2D eigenvalue weighted by atomic mass is 15.1. The number of unbranched alkanes of at least 4 members (excludes halogenated alkanes) is 60. The molecule has 0 heterocycles. The Morgan fingerprint density at radius 3 is 0.359 bits per heavy atom. The van der Waals surface area contributed by atoms with E-state index in [2.05, 4.69) is 49.3 Å². The van der Waals surface area contributed by atoms with E-state index in [0.29, 0.717) is 0 Å². The van der Waals surface area contributed by atoms with Gasteiger partial charge >= 0.3 is 0 Å². The van der Waals surface area contributed by atoms with Gasteiger partial charge in [-0.05, 0) is 51.9 Å². The van der Waals surface area contributed by atoms with Crippen molar-refractivity contribution in [2.24, 2.45) is 0 Å². The first-order chi connectivity index (χ1) is 38.8. The third kappa shape index (κ3) is 68.0. The molecule has 0 saturated heterocycles. The van der Waals surface area contributed by atoms with Gasteiger partial charge in [0.05, 0.1) is 13.1 Å². The molecular formula is C76H152N2. The Balaban J connectivity index is 4.86. The van der Waals surface area contributed by atoms with E-state index in [1.807, 2.05) is 0 Å². The Bertz CT molecular complexity index is 935. The molecule has 0 bridgehead atoms. The first-order valence-electron chi connectivity index (χ1n) is 37.7. The zero-order valence-corrected chi connectivity index (χ0v) is 55.4. The summed E-state index contributed by atoms with van der Waals surface area (Å²) >= 11 is 0. The van der Waals surface area contributed by atoms with E-state index in [-0.39, 0.29) is 0 Å². The fourth-order valence-corrected chi connectivity index (χ4v) is 12.4. The summed E-state index contributed by atoms with van der Waals surface area (Å²) in [6, 6.07) is 0. The van der Waals surface area contributed by atoms with Gasteiger partial charge in [-0.25, -0.2) is 0 Å². The van der Waals surface area contributed by atoms with E-state index in [1.54, 1.807) is 0 Å². The Morgan fingerprint density at radius 2 is 0.244 bits per heavy atom. The summed E-state index contributed by atoms with van der Waals surface area (Å²) in [5, 5.41) is 0. The fraction of sp³-hybridized carbons (Fsp3) is 0.974. The van der Waals surface area contributed by atoms with Gasteiger partial charge in [0.2, 0.25) is 0 Å². The molecular weight excluding hydrogens is 941 g/mol. The summed E-state index contributed by atoms with van der Waals surface area (Å²) in [7, 11) is 0. The highest BCUT2D eigenvalue weighted by molar-refractivity contribution is 5.03. The lowest BCUT2D eigenvalue weighted by atomic mass is 10.0. The van der Waals surface area contributed by atoms with Gasteiger partial charge in [-0.3, -0.25) is 9.80 Å². The third-order valence-corrected chi connectivity index (χ3v) is 18.0. The van der Waals surface area contributed by atoms with Crippen LogP contribution in [-0.2, 0) is 0 Å². The molecule has 0 amide bonds. The van der Waals surface area contributed by atoms with Crippen LogP contribution in [0.5, 0.6) is 0 Å². The van der Waals surface area contributed by atoms with Gasteiger partial charge in [0, 0.05) is 0 Å². The molecule has 0 saturated carbocycles. The first-order valence-corrected chi connectivity index (χ1v) is 37.7. The molecule has 0 aromatic carbocycles. The fourth-order valence-electron chi connectivity index (χ4n) is 12.4. The molecule has 0 unspecified atom stereocenters. The van der Waals surface area contributed by atoms with Crippen LogP contribution in [0.3, 0.4) is 0 Å². The number of rotatable bonds is 70. The molecule has 2 nitrogen and oxygen atoms in total. The van der Waals surface area contributed by atoms with Gasteiger partial charge in [-0.1, -0.05) is 425 Å². The SMILES string of the molecule is CCCCCCCCCCCCCCCCCCN(CC#CCN(CCCCCCCCCCCCCCCCCC)CCCCCCCCCCCCCCCCCC)CCCCCCCCCCCCCCCCCC. The quantitative estimate of drug-likeness (QED) is 0.0442. The highest BCUT2D eigenvalue weighted by Crippen LogP contribution is 2.19. The number of nitrogens with zero attached hydrogens (tertiary/aromatic N) is 2. The number of hydrogen-bond acceptors (Lipinski definition) is 2. The minimum absolute atomic E-state index is 0.989. The average Bonchev–Trinajstić information content (AvgIpc) is 3.45. The Labute approximate surface area is 497 Å². The van der Waals surface area contributed by atoms with E-state index < -0.39 is 0 Å². The molecule has 0 aromatic rings. The van der Waals surface area contributed by atoms with Crippen molar-refractivity contribution in [2.75, 3.05) is 39.3 Å². The summed E-state index contributed by atoms with van der Waals surface area (Å²) in [5.74, 6) is 7.54. The molecule has 466 valence electrons. The molecule has 0 aliphatic carbocycles. The molecule has 78 heavy (non-hydrogen) atoms. The Morgan fingerprint density at radius 1 is 0.141 bits per heavy atom. The maximum absolute atomic E-state index is 3.77. The van der Waals surface area contributed by atoms with Crippen molar-refractivity contribution in [1.82, 2.24) is 9.80 Å². The summed E-state index contributed by atoms with van der Waals surface area (Å²) in [4.78, 5) is 5.52.